The van der Waals surface area contributed by atoms with E-state index in [1.807, 2.05) is 68.4 Å². The smallest absolute Gasteiger partial charge is 0.329 e. The number of amides is 2. The van der Waals surface area contributed by atoms with Gasteiger partial charge in [0.1, 0.15) is 12.4 Å². The number of nitrogens with one attached hydrogen (secondary N) is 2. The molecule has 34 heavy (non-hydrogen) atoms. The number of benzene rings is 4. The van der Waals surface area contributed by atoms with E-state index in [1.165, 1.54) is 17.0 Å². The highest BCUT2D eigenvalue weighted by molar-refractivity contribution is 6.39. The molecule has 0 spiro atoms. The second-order valence-corrected chi connectivity index (χ2v) is 7.95. The molecule has 4 aromatic rings. The number of hydrogen-bond acceptors (Lipinski definition) is 4. The van der Waals surface area contributed by atoms with Gasteiger partial charge in [-0.05, 0) is 83.3 Å². The van der Waals surface area contributed by atoms with Gasteiger partial charge in [0.05, 0.1) is 6.21 Å². The lowest BCUT2D eigenvalue weighted by molar-refractivity contribution is -0.136. The van der Waals surface area contributed by atoms with Gasteiger partial charge in [-0.2, -0.15) is 5.10 Å². The van der Waals surface area contributed by atoms with Gasteiger partial charge in [-0.3, -0.25) is 9.59 Å². The van der Waals surface area contributed by atoms with Crippen LogP contribution in [0.1, 0.15) is 22.3 Å². The topological polar surface area (TPSA) is 79.8 Å². The summed E-state index contributed by atoms with van der Waals surface area (Å²) in [6.07, 6.45) is 1.47. The first-order valence-corrected chi connectivity index (χ1v) is 10.9. The van der Waals surface area contributed by atoms with Crippen molar-refractivity contribution in [2.45, 2.75) is 20.5 Å². The highest BCUT2D eigenvalue weighted by Gasteiger charge is 2.13. The van der Waals surface area contributed by atoms with Gasteiger partial charge >= 0.3 is 11.8 Å². The molecule has 4 rings (SSSR count). The fraction of sp³-hybridized carbons (Fsp3) is 0.107. The van der Waals surface area contributed by atoms with Gasteiger partial charge in [-0.1, -0.05) is 48.5 Å². The third-order valence-corrected chi connectivity index (χ3v) is 5.51. The Morgan fingerprint density at radius 3 is 2.41 bits per heavy atom. The highest BCUT2D eigenvalue weighted by atomic mass is 16.5. The van der Waals surface area contributed by atoms with Crippen LogP contribution in [0, 0.1) is 13.8 Å². The molecule has 0 bridgehead atoms. The SMILES string of the molecule is Cc1ccc(NC(=O)C(=O)NN=Cc2ccc(OCc3cccc4ccccc34)cc2)cc1C. The number of fused-ring (bicyclic) bond motifs is 1. The average Bonchev–Trinajstić information content (AvgIpc) is 2.85. The second kappa shape index (κ2) is 10.4. The van der Waals surface area contributed by atoms with Crippen LogP contribution in [0.2, 0.25) is 0 Å². The summed E-state index contributed by atoms with van der Waals surface area (Å²) in [4.78, 5) is 24.1. The Kier molecular flexibility index (Phi) is 6.98. The van der Waals surface area contributed by atoms with Crippen molar-refractivity contribution in [1.29, 1.82) is 0 Å². The molecule has 0 heterocycles. The Morgan fingerprint density at radius 1 is 0.853 bits per heavy atom. The number of ether oxygens (including phenoxy) is 1. The first-order valence-electron chi connectivity index (χ1n) is 10.9. The summed E-state index contributed by atoms with van der Waals surface area (Å²) in [5.41, 5.74) is 6.81. The van der Waals surface area contributed by atoms with Crippen LogP contribution in [0.15, 0.2) is 90.0 Å². The minimum atomic E-state index is -0.843. The average molecular weight is 452 g/mol. The van der Waals surface area contributed by atoms with Gasteiger partial charge in [-0.25, -0.2) is 5.43 Å². The zero-order valence-corrected chi connectivity index (χ0v) is 19.0. The monoisotopic (exact) mass is 451 g/mol. The van der Waals surface area contributed by atoms with Gasteiger partial charge in [-0.15, -0.1) is 0 Å². The van der Waals surface area contributed by atoms with Crippen LogP contribution in [0.4, 0.5) is 5.69 Å². The second-order valence-electron chi connectivity index (χ2n) is 7.95. The number of rotatable bonds is 6. The predicted octanol–water partition coefficient (Wildman–Crippen LogP) is 5.12. The Balaban J connectivity index is 1.29. The van der Waals surface area contributed by atoms with Crippen molar-refractivity contribution in [3.63, 3.8) is 0 Å². The van der Waals surface area contributed by atoms with Crippen molar-refractivity contribution in [2.24, 2.45) is 5.10 Å². The maximum Gasteiger partial charge on any atom is 0.329 e. The molecule has 0 aliphatic heterocycles. The quantitative estimate of drug-likeness (QED) is 0.242. The minimum absolute atomic E-state index is 0.459. The zero-order valence-electron chi connectivity index (χ0n) is 19.0. The van der Waals surface area contributed by atoms with Crippen molar-refractivity contribution < 1.29 is 14.3 Å². The van der Waals surface area contributed by atoms with Crippen LogP contribution in [0.5, 0.6) is 5.75 Å². The van der Waals surface area contributed by atoms with E-state index in [0.717, 1.165) is 28.0 Å². The first kappa shape index (κ1) is 22.7. The molecule has 0 fully saturated rings. The highest BCUT2D eigenvalue weighted by Crippen LogP contribution is 2.21. The standard InChI is InChI=1S/C28H25N3O3/c1-19-10-13-24(16-20(19)2)30-27(32)28(33)31-29-17-21-11-14-25(15-12-21)34-18-23-8-5-7-22-6-3-4-9-26(22)23/h3-17H,18H2,1-2H3,(H,30,32)(H,31,33). The molecule has 2 amide bonds. The van der Waals surface area contributed by atoms with E-state index in [4.69, 9.17) is 4.74 Å². The number of hydrazone groups is 1. The number of nitrogens with zero attached hydrogens (tertiary/aromatic N) is 1. The molecule has 0 atom stereocenters. The summed E-state index contributed by atoms with van der Waals surface area (Å²) in [6.45, 7) is 4.38. The van der Waals surface area contributed by atoms with Gasteiger partial charge in [0, 0.05) is 5.69 Å². The fourth-order valence-electron chi connectivity index (χ4n) is 3.45. The molecule has 0 radical (unpaired) electrons. The van der Waals surface area contributed by atoms with Gasteiger partial charge in [0.25, 0.3) is 0 Å². The summed E-state index contributed by atoms with van der Waals surface area (Å²) in [5.74, 6) is -0.899. The van der Waals surface area contributed by atoms with Gasteiger partial charge < -0.3 is 10.1 Å². The molecule has 0 aromatic heterocycles. The molecule has 4 aromatic carbocycles. The molecule has 0 saturated heterocycles. The molecule has 0 saturated carbocycles. The Morgan fingerprint density at radius 2 is 1.62 bits per heavy atom. The van der Waals surface area contributed by atoms with E-state index < -0.39 is 11.8 Å². The van der Waals surface area contributed by atoms with E-state index in [2.05, 4.69) is 40.1 Å². The van der Waals surface area contributed by atoms with Crippen LogP contribution in [0.3, 0.4) is 0 Å². The maximum absolute atomic E-state index is 12.1. The number of anilines is 1. The molecular formula is C28H25N3O3. The van der Waals surface area contributed by atoms with E-state index >= 15 is 0 Å². The van der Waals surface area contributed by atoms with Crippen molar-refractivity contribution >= 4 is 34.5 Å². The maximum atomic E-state index is 12.1. The summed E-state index contributed by atoms with van der Waals surface area (Å²) in [7, 11) is 0. The summed E-state index contributed by atoms with van der Waals surface area (Å²) < 4.78 is 5.93. The fourth-order valence-corrected chi connectivity index (χ4v) is 3.45. The minimum Gasteiger partial charge on any atom is -0.489 e. The Bertz CT molecular complexity index is 1360. The van der Waals surface area contributed by atoms with Gasteiger partial charge in [0.2, 0.25) is 0 Å². The van der Waals surface area contributed by atoms with Crippen LogP contribution in [0.25, 0.3) is 10.8 Å². The molecule has 2 N–H and O–H groups in total. The van der Waals surface area contributed by atoms with Crippen molar-refractivity contribution in [2.75, 3.05) is 5.32 Å². The van der Waals surface area contributed by atoms with E-state index in [0.29, 0.717) is 12.3 Å². The zero-order chi connectivity index (χ0) is 23.9. The largest absolute Gasteiger partial charge is 0.489 e. The van der Waals surface area contributed by atoms with Crippen molar-refractivity contribution in [3.8, 4) is 5.75 Å². The molecule has 0 unspecified atom stereocenters. The first-order chi connectivity index (χ1) is 16.5. The van der Waals surface area contributed by atoms with E-state index in [-0.39, 0.29) is 0 Å². The lowest BCUT2D eigenvalue weighted by Crippen LogP contribution is -2.32. The number of hydrogen-bond donors (Lipinski definition) is 2. The molecule has 170 valence electrons. The number of aryl methyl sites for hydroxylation is 2. The normalized spacial score (nSPS) is 10.9. The third-order valence-electron chi connectivity index (χ3n) is 5.51. The third kappa shape index (κ3) is 5.66. The van der Waals surface area contributed by atoms with Crippen LogP contribution in [-0.2, 0) is 16.2 Å². The summed E-state index contributed by atoms with van der Waals surface area (Å²) in [6, 6.07) is 27.1. The van der Waals surface area contributed by atoms with Crippen molar-refractivity contribution in [3.05, 3.63) is 107 Å². The molecule has 0 aliphatic carbocycles. The van der Waals surface area contributed by atoms with Crippen molar-refractivity contribution in [1.82, 2.24) is 5.43 Å². The number of carbonyl (C=O) groups is 2. The molecule has 6 nitrogen and oxygen atoms in total. The van der Waals surface area contributed by atoms with Crippen LogP contribution in [-0.4, -0.2) is 18.0 Å². The predicted molar refractivity (Wildman–Crippen MR) is 135 cm³/mol. The lowest BCUT2D eigenvalue weighted by atomic mass is 10.1. The molecule has 0 aliphatic rings. The van der Waals surface area contributed by atoms with E-state index in [1.54, 1.807) is 6.07 Å². The molecular weight excluding hydrogens is 426 g/mol. The van der Waals surface area contributed by atoms with Gasteiger partial charge in [0.15, 0.2) is 0 Å². The molecule has 6 heteroatoms. The number of carbonyl (C=O) groups excluding carboxylic acids is 2. The summed E-state index contributed by atoms with van der Waals surface area (Å²) in [5, 5.41) is 8.78. The van der Waals surface area contributed by atoms with Crippen LogP contribution < -0.4 is 15.5 Å². The van der Waals surface area contributed by atoms with Crippen LogP contribution >= 0.6 is 0 Å². The summed E-state index contributed by atoms with van der Waals surface area (Å²) >= 11 is 0. The van der Waals surface area contributed by atoms with E-state index in [9.17, 15) is 9.59 Å². The Labute approximate surface area is 198 Å². The lowest BCUT2D eigenvalue weighted by Gasteiger charge is -2.09. The Hall–Kier alpha value is -4.45.